The second kappa shape index (κ2) is 15.5. The molecule has 1 fully saturated rings. The summed E-state index contributed by atoms with van der Waals surface area (Å²) in [6.45, 7) is 0.416. The Morgan fingerprint density at radius 3 is 2.63 bits per heavy atom. The number of ether oxygens (including phenoxy) is 1. The molecule has 1 aromatic heterocycles. The second-order valence-corrected chi connectivity index (χ2v) is 13.0. The quantitative estimate of drug-likeness (QED) is 0.343. The van der Waals surface area contributed by atoms with E-state index in [1.807, 2.05) is 30.5 Å². The summed E-state index contributed by atoms with van der Waals surface area (Å²) in [5.41, 5.74) is 1.91. The van der Waals surface area contributed by atoms with Gasteiger partial charge < -0.3 is 40.0 Å². The zero-order valence-corrected chi connectivity index (χ0v) is 28.3. The van der Waals surface area contributed by atoms with Crippen molar-refractivity contribution in [3.05, 3.63) is 65.6 Å². The van der Waals surface area contributed by atoms with E-state index in [0.717, 1.165) is 22.5 Å². The lowest BCUT2D eigenvalue weighted by molar-refractivity contribution is -0.140. The number of carbonyl (C=O) groups is 5. The SMILES string of the molecule is CN(C)CC(=O)N[C@H]1C[C@H]2COc3ccc(F)cc3C(=O)N(C)[C@@H](C(=O)NCCc3c[nH]c4ccccc34)CCC(=O)N(C)CC(=O)N2C1. The molecular formula is C35H44FN7O6. The summed E-state index contributed by atoms with van der Waals surface area (Å²) in [4.78, 5) is 75.9. The van der Waals surface area contributed by atoms with Gasteiger partial charge in [-0.05, 0) is 63.2 Å². The second-order valence-electron chi connectivity index (χ2n) is 13.0. The minimum absolute atomic E-state index is 0.0314. The third-order valence-corrected chi connectivity index (χ3v) is 9.05. The van der Waals surface area contributed by atoms with Gasteiger partial charge in [-0.1, -0.05) is 18.2 Å². The topological polar surface area (TPSA) is 147 Å². The highest BCUT2D eigenvalue weighted by Crippen LogP contribution is 2.26. The highest BCUT2D eigenvalue weighted by Gasteiger charge is 2.38. The average Bonchev–Trinajstić information content (AvgIpc) is 3.66. The summed E-state index contributed by atoms with van der Waals surface area (Å²) in [7, 11) is 6.52. The number of amides is 5. The van der Waals surface area contributed by atoms with E-state index in [4.69, 9.17) is 4.74 Å². The molecule has 3 heterocycles. The van der Waals surface area contributed by atoms with Crippen LogP contribution in [0.5, 0.6) is 5.75 Å². The Bertz CT molecular complexity index is 1710. The number of fused-ring (bicyclic) bond motifs is 3. The van der Waals surface area contributed by atoms with Gasteiger partial charge in [0, 0.05) is 56.7 Å². The molecule has 3 N–H and O–H groups in total. The molecule has 262 valence electrons. The first-order valence-corrected chi connectivity index (χ1v) is 16.4. The van der Waals surface area contributed by atoms with Crippen LogP contribution in [0.3, 0.4) is 0 Å². The lowest BCUT2D eigenvalue weighted by atomic mass is 10.1. The summed E-state index contributed by atoms with van der Waals surface area (Å²) in [5, 5.41) is 6.91. The molecule has 0 aliphatic carbocycles. The number of nitrogens with zero attached hydrogens (tertiary/aromatic N) is 4. The third-order valence-electron chi connectivity index (χ3n) is 9.05. The van der Waals surface area contributed by atoms with Crippen LogP contribution in [0.4, 0.5) is 4.39 Å². The van der Waals surface area contributed by atoms with E-state index in [0.29, 0.717) is 12.8 Å². The fourth-order valence-corrected chi connectivity index (χ4v) is 6.47. The van der Waals surface area contributed by atoms with Crippen molar-refractivity contribution in [2.24, 2.45) is 0 Å². The zero-order valence-electron chi connectivity index (χ0n) is 28.3. The van der Waals surface area contributed by atoms with Crippen molar-refractivity contribution in [3.8, 4) is 5.75 Å². The fraction of sp³-hybridized carbons (Fsp3) is 0.457. The van der Waals surface area contributed by atoms with E-state index >= 15 is 0 Å². The number of aromatic amines is 1. The summed E-state index contributed by atoms with van der Waals surface area (Å²) in [6, 6.07) is 9.50. The maximum atomic E-state index is 14.6. The van der Waals surface area contributed by atoms with Gasteiger partial charge in [-0.2, -0.15) is 0 Å². The van der Waals surface area contributed by atoms with Gasteiger partial charge in [0.1, 0.15) is 24.2 Å². The fourth-order valence-electron chi connectivity index (χ4n) is 6.47. The monoisotopic (exact) mass is 677 g/mol. The van der Waals surface area contributed by atoms with Crippen molar-refractivity contribution in [2.45, 2.75) is 43.8 Å². The largest absolute Gasteiger partial charge is 0.491 e. The van der Waals surface area contributed by atoms with Gasteiger partial charge in [0.25, 0.3) is 5.91 Å². The van der Waals surface area contributed by atoms with Crippen LogP contribution in [0.2, 0.25) is 0 Å². The molecule has 0 saturated carbocycles. The van der Waals surface area contributed by atoms with Crippen LogP contribution in [-0.2, 0) is 25.6 Å². The number of benzene rings is 2. The van der Waals surface area contributed by atoms with Gasteiger partial charge in [0.05, 0.1) is 24.7 Å². The Morgan fingerprint density at radius 1 is 1.08 bits per heavy atom. The number of nitrogens with one attached hydrogen (secondary N) is 3. The Hall–Kier alpha value is -4.98. The first-order valence-electron chi connectivity index (χ1n) is 16.4. The molecular weight excluding hydrogens is 633 g/mol. The van der Waals surface area contributed by atoms with Gasteiger partial charge in [-0.15, -0.1) is 0 Å². The molecule has 49 heavy (non-hydrogen) atoms. The van der Waals surface area contributed by atoms with Crippen LogP contribution in [0, 0.1) is 5.82 Å². The minimum atomic E-state index is -1.07. The van der Waals surface area contributed by atoms with Crippen molar-refractivity contribution in [2.75, 3.05) is 61.0 Å². The summed E-state index contributed by atoms with van der Waals surface area (Å²) < 4.78 is 20.7. The molecule has 0 bridgehead atoms. The van der Waals surface area contributed by atoms with Crippen LogP contribution in [-0.4, -0.2) is 133 Å². The van der Waals surface area contributed by atoms with E-state index in [1.165, 1.54) is 36.0 Å². The maximum absolute atomic E-state index is 14.6. The van der Waals surface area contributed by atoms with Gasteiger partial charge in [-0.25, -0.2) is 4.39 Å². The van der Waals surface area contributed by atoms with E-state index < -0.39 is 29.7 Å². The maximum Gasteiger partial charge on any atom is 0.258 e. The first-order chi connectivity index (χ1) is 23.4. The minimum Gasteiger partial charge on any atom is -0.491 e. The van der Waals surface area contributed by atoms with Crippen LogP contribution in [0.25, 0.3) is 10.9 Å². The molecule has 5 amide bonds. The summed E-state index contributed by atoms with van der Waals surface area (Å²) in [5.74, 6) is -2.60. The van der Waals surface area contributed by atoms with Crippen LogP contribution in [0.1, 0.15) is 35.2 Å². The Balaban J connectivity index is 1.36. The molecule has 3 atom stereocenters. The molecule has 0 radical (unpaired) electrons. The molecule has 14 heteroatoms. The van der Waals surface area contributed by atoms with Crippen molar-refractivity contribution in [1.82, 2.24) is 35.2 Å². The number of H-pyrrole nitrogens is 1. The molecule has 13 nitrogen and oxygen atoms in total. The van der Waals surface area contributed by atoms with Crippen molar-refractivity contribution in [1.29, 1.82) is 0 Å². The van der Waals surface area contributed by atoms with Gasteiger partial charge in [0.15, 0.2) is 0 Å². The molecule has 1 saturated heterocycles. The molecule has 0 spiro atoms. The Kier molecular flexibility index (Phi) is 11.2. The highest BCUT2D eigenvalue weighted by molar-refractivity contribution is 5.99. The van der Waals surface area contributed by atoms with E-state index in [1.54, 1.807) is 23.9 Å². The normalized spacial score (nSPS) is 20.8. The van der Waals surface area contributed by atoms with Crippen LogP contribution < -0.4 is 15.4 Å². The Labute approximate surface area is 284 Å². The van der Waals surface area contributed by atoms with Crippen molar-refractivity contribution in [3.63, 3.8) is 0 Å². The van der Waals surface area contributed by atoms with Gasteiger partial charge in [-0.3, -0.25) is 24.0 Å². The zero-order chi connectivity index (χ0) is 35.2. The third kappa shape index (κ3) is 8.55. The number of para-hydroxylation sites is 1. The number of halogens is 1. The smallest absolute Gasteiger partial charge is 0.258 e. The predicted octanol–water partition coefficient (Wildman–Crippen LogP) is 1.38. The molecule has 2 aromatic carbocycles. The van der Waals surface area contributed by atoms with Gasteiger partial charge in [0.2, 0.25) is 23.6 Å². The van der Waals surface area contributed by atoms with E-state index in [-0.39, 0.29) is 80.7 Å². The predicted molar refractivity (Wildman–Crippen MR) is 180 cm³/mol. The Morgan fingerprint density at radius 2 is 1.86 bits per heavy atom. The lowest BCUT2D eigenvalue weighted by Gasteiger charge is -2.28. The number of hydrogen-bond acceptors (Lipinski definition) is 7. The average molecular weight is 678 g/mol. The number of hydrogen-bond donors (Lipinski definition) is 3. The number of carbonyl (C=O) groups excluding carboxylic acids is 5. The molecule has 5 rings (SSSR count). The molecule has 2 aliphatic heterocycles. The lowest BCUT2D eigenvalue weighted by Crippen LogP contribution is -2.49. The summed E-state index contributed by atoms with van der Waals surface area (Å²) in [6.07, 6.45) is 2.65. The van der Waals surface area contributed by atoms with Crippen molar-refractivity contribution >= 4 is 40.4 Å². The molecule has 2 aliphatic rings. The summed E-state index contributed by atoms with van der Waals surface area (Å²) >= 11 is 0. The number of rotatable bonds is 7. The number of aromatic nitrogens is 1. The van der Waals surface area contributed by atoms with E-state index in [2.05, 4.69) is 15.6 Å². The number of likely N-dealkylation sites (N-methyl/N-ethyl adjacent to an activating group) is 3. The molecule has 3 aromatic rings. The van der Waals surface area contributed by atoms with Crippen molar-refractivity contribution < 1.29 is 33.1 Å². The van der Waals surface area contributed by atoms with E-state index in [9.17, 15) is 28.4 Å². The van der Waals surface area contributed by atoms with Crippen LogP contribution in [0.15, 0.2) is 48.7 Å². The standard InChI is InChI=1S/C35H44FN7O6/c1-40(2)19-31(44)39-24-16-25-21-49-30-11-9-23(36)15-27(30)35(48)42(4)29(10-12-32(45)41(3)20-33(46)43(25)18-24)34(47)37-14-13-22-17-38-28-8-6-5-7-26(22)28/h5-9,11,15,17,24-25,29,38H,10,12-14,16,18-21H2,1-4H3,(H,37,47)(H,39,44)/t24-,25-,29+/m0/s1. The van der Waals surface area contributed by atoms with Crippen LogP contribution >= 0.6 is 0 Å². The first kappa shape index (κ1) is 35.3. The van der Waals surface area contributed by atoms with Gasteiger partial charge >= 0.3 is 0 Å². The molecule has 0 unspecified atom stereocenters. The highest BCUT2D eigenvalue weighted by atomic mass is 19.1.